The van der Waals surface area contributed by atoms with Crippen molar-refractivity contribution >= 4 is 17.2 Å². The topological polar surface area (TPSA) is 51.2 Å². The molecule has 0 aliphatic carbocycles. The number of alkyl halides is 3. The van der Waals surface area contributed by atoms with Crippen LogP contribution in [0.3, 0.4) is 0 Å². The largest absolute Gasteiger partial charge is 0.494 e. The second-order valence-electron chi connectivity index (χ2n) is 6.76. The molecule has 0 atom stereocenters. The molecule has 0 fully saturated rings. The Bertz CT molecular complexity index is 986. The number of carbonyl (C=O) groups excluding carboxylic acids is 1. The predicted molar refractivity (Wildman–Crippen MR) is 110 cm³/mol. The van der Waals surface area contributed by atoms with Gasteiger partial charge in [0.2, 0.25) is 5.91 Å². The van der Waals surface area contributed by atoms with Crippen LogP contribution >= 0.6 is 11.3 Å². The summed E-state index contributed by atoms with van der Waals surface area (Å²) in [6, 6.07) is 10.6. The molecule has 1 amide bonds. The van der Waals surface area contributed by atoms with Crippen molar-refractivity contribution in [2.75, 3.05) is 13.2 Å². The third-order valence-corrected chi connectivity index (χ3v) is 5.27. The highest BCUT2D eigenvalue weighted by Crippen LogP contribution is 2.31. The lowest BCUT2D eigenvalue weighted by Crippen LogP contribution is -2.26. The fraction of sp³-hybridized carbons (Fsp3) is 0.273. The van der Waals surface area contributed by atoms with E-state index < -0.39 is 11.7 Å². The second kappa shape index (κ2) is 10.4. The Morgan fingerprint density at radius 3 is 2.42 bits per heavy atom. The predicted octanol–water partition coefficient (Wildman–Crippen LogP) is 5.49. The van der Waals surface area contributed by atoms with Crippen LogP contribution in [0, 0.1) is 5.82 Å². The molecule has 0 aliphatic rings. The molecule has 3 aromatic rings. The number of nitrogens with one attached hydrogen (secondary N) is 1. The number of nitrogens with zero attached hydrogens (tertiary/aromatic N) is 1. The smallest absolute Gasteiger partial charge is 0.416 e. The molecule has 0 unspecified atom stereocenters. The maximum atomic E-state index is 12.8. The van der Waals surface area contributed by atoms with Gasteiger partial charge < -0.3 is 10.1 Å². The minimum Gasteiger partial charge on any atom is -0.494 e. The Labute approximate surface area is 180 Å². The summed E-state index contributed by atoms with van der Waals surface area (Å²) in [5, 5.41) is 5.10. The van der Waals surface area contributed by atoms with Gasteiger partial charge in [-0.25, -0.2) is 9.37 Å². The molecule has 3 rings (SSSR count). The summed E-state index contributed by atoms with van der Waals surface area (Å²) in [4.78, 5) is 16.4. The van der Waals surface area contributed by atoms with E-state index in [1.165, 1.54) is 35.6 Å². The van der Waals surface area contributed by atoms with Crippen molar-refractivity contribution in [3.63, 3.8) is 0 Å². The normalized spacial score (nSPS) is 11.4. The van der Waals surface area contributed by atoms with E-state index in [4.69, 9.17) is 4.74 Å². The average Bonchev–Trinajstić information content (AvgIpc) is 3.20. The molecule has 164 valence electrons. The molecular weight excluding hydrogens is 432 g/mol. The molecule has 1 N–H and O–H groups in total. The molecule has 1 heterocycles. The molecule has 2 aromatic carbocycles. The summed E-state index contributed by atoms with van der Waals surface area (Å²) in [7, 11) is 0. The van der Waals surface area contributed by atoms with E-state index in [0.29, 0.717) is 35.2 Å². The van der Waals surface area contributed by atoms with Gasteiger partial charge in [0.1, 0.15) is 16.6 Å². The first-order chi connectivity index (χ1) is 14.8. The van der Waals surface area contributed by atoms with E-state index in [-0.39, 0.29) is 18.1 Å². The molecule has 31 heavy (non-hydrogen) atoms. The summed E-state index contributed by atoms with van der Waals surface area (Å²) in [6.07, 6.45) is -2.83. The first-order valence-corrected chi connectivity index (χ1v) is 10.5. The Balaban J connectivity index is 1.37. The van der Waals surface area contributed by atoms with Gasteiger partial charge in [0.15, 0.2) is 0 Å². The third kappa shape index (κ3) is 7.06. The van der Waals surface area contributed by atoms with Gasteiger partial charge in [-0.05, 0) is 49.2 Å². The summed E-state index contributed by atoms with van der Waals surface area (Å²) in [5.74, 6) is 0.100. The van der Waals surface area contributed by atoms with Crippen LogP contribution in [0.15, 0.2) is 53.9 Å². The van der Waals surface area contributed by atoms with Crippen molar-refractivity contribution < 1.29 is 27.1 Å². The minimum absolute atomic E-state index is 0.100. The molecule has 4 nitrogen and oxygen atoms in total. The van der Waals surface area contributed by atoms with Gasteiger partial charge in [0.05, 0.1) is 24.3 Å². The van der Waals surface area contributed by atoms with Gasteiger partial charge in [-0.15, -0.1) is 11.3 Å². The molecule has 0 radical (unpaired) electrons. The first-order valence-electron chi connectivity index (χ1n) is 9.58. The quantitative estimate of drug-likeness (QED) is 0.345. The summed E-state index contributed by atoms with van der Waals surface area (Å²) in [6.45, 7) is 0.950. The van der Waals surface area contributed by atoms with E-state index >= 15 is 0 Å². The van der Waals surface area contributed by atoms with Gasteiger partial charge in [0, 0.05) is 17.5 Å². The molecule has 9 heteroatoms. The highest BCUT2D eigenvalue weighted by Gasteiger charge is 2.30. The van der Waals surface area contributed by atoms with Crippen LogP contribution < -0.4 is 10.1 Å². The standard InChI is InChI=1S/C22H20F4N2O2S/c23-17-7-9-19(10-8-17)30-12-2-1-11-27-20(29)13-18-14-31-21(28-18)15-3-5-16(6-4-15)22(24,25)26/h3-10,14H,1-2,11-13H2,(H,27,29). The monoisotopic (exact) mass is 452 g/mol. The zero-order valence-electron chi connectivity index (χ0n) is 16.4. The van der Waals surface area contributed by atoms with Crippen LogP contribution in [0.25, 0.3) is 10.6 Å². The van der Waals surface area contributed by atoms with Crippen molar-refractivity contribution in [2.45, 2.75) is 25.4 Å². The Morgan fingerprint density at radius 2 is 1.74 bits per heavy atom. The van der Waals surface area contributed by atoms with Crippen molar-refractivity contribution in [3.8, 4) is 16.3 Å². The molecule has 0 spiro atoms. The minimum atomic E-state index is -4.38. The van der Waals surface area contributed by atoms with Crippen LogP contribution in [-0.2, 0) is 17.4 Å². The third-order valence-electron chi connectivity index (χ3n) is 4.33. The number of hydrogen-bond acceptors (Lipinski definition) is 4. The zero-order chi connectivity index (χ0) is 22.3. The number of rotatable bonds is 9. The van der Waals surface area contributed by atoms with Crippen LogP contribution in [0.4, 0.5) is 17.6 Å². The van der Waals surface area contributed by atoms with Crippen molar-refractivity contribution in [1.29, 1.82) is 0 Å². The highest BCUT2D eigenvalue weighted by atomic mass is 32.1. The van der Waals surface area contributed by atoms with Gasteiger partial charge in [0.25, 0.3) is 0 Å². The molecule has 1 aromatic heterocycles. The molecular formula is C22H20F4N2O2S. The van der Waals surface area contributed by atoms with Crippen LogP contribution in [-0.4, -0.2) is 24.0 Å². The number of ether oxygens (including phenoxy) is 1. The number of benzene rings is 2. The number of thiazole rings is 1. The first kappa shape index (κ1) is 22.7. The summed E-state index contributed by atoms with van der Waals surface area (Å²) >= 11 is 1.28. The number of halogens is 4. The van der Waals surface area contributed by atoms with E-state index in [1.54, 1.807) is 17.5 Å². The highest BCUT2D eigenvalue weighted by molar-refractivity contribution is 7.13. The van der Waals surface area contributed by atoms with Gasteiger partial charge in [-0.1, -0.05) is 12.1 Å². The lowest BCUT2D eigenvalue weighted by Gasteiger charge is -2.07. The Kier molecular flexibility index (Phi) is 7.62. The summed E-state index contributed by atoms with van der Waals surface area (Å²) in [5.41, 5.74) is 0.429. The number of hydrogen-bond donors (Lipinski definition) is 1. The van der Waals surface area contributed by atoms with Crippen LogP contribution in [0.1, 0.15) is 24.1 Å². The number of aromatic nitrogens is 1. The van der Waals surface area contributed by atoms with Crippen molar-refractivity contribution in [2.24, 2.45) is 0 Å². The molecule has 0 saturated carbocycles. The lowest BCUT2D eigenvalue weighted by molar-refractivity contribution is -0.137. The van der Waals surface area contributed by atoms with Gasteiger partial charge in [-0.3, -0.25) is 4.79 Å². The van der Waals surface area contributed by atoms with Crippen molar-refractivity contribution in [1.82, 2.24) is 10.3 Å². The van der Waals surface area contributed by atoms with Gasteiger partial charge >= 0.3 is 6.18 Å². The van der Waals surface area contributed by atoms with E-state index in [9.17, 15) is 22.4 Å². The SMILES string of the molecule is O=C(Cc1csc(-c2ccc(C(F)(F)F)cc2)n1)NCCCCOc1ccc(F)cc1. The van der Waals surface area contributed by atoms with Crippen LogP contribution in [0.2, 0.25) is 0 Å². The maximum Gasteiger partial charge on any atom is 0.416 e. The molecule has 0 bridgehead atoms. The molecule has 0 aliphatic heterocycles. The van der Waals surface area contributed by atoms with Gasteiger partial charge in [-0.2, -0.15) is 13.2 Å². The van der Waals surface area contributed by atoms with E-state index in [0.717, 1.165) is 25.0 Å². The Morgan fingerprint density at radius 1 is 1.03 bits per heavy atom. The van der Waals surface area contributed by atoms with Crippen molar-refractivity contribution in [3.05, 3.63) is 71.0 Å². The molecule has 0 saturated heterocycles. The number of amides is 1. The zero-order valence-corrected chi connectivity index (χ0v) is 17.2. The van der Waals surface area contributed by atoms with Crippen LogP contribution in [0.5, 0.6) is 5.75 Å². The number of unbranched alkanes of at least 4 members (excludes halogenated alkanes) is 1. The van der Waals surface area contributed by atoms with E-state index in [1.807, 2.05) is 0 Å². The fourth-order valence-electron chi connectivity index (χ4n) is 2.73. The lowest BCUT2D eigenvalue weighted by atomic mass is 10.1. The fourth-order valence-corrected chi connectivity index (χ4v) is 3.55. The van der Waals surface area contributed by atoms with E-state index in [2.05, 4.69) is 10.3 Å². The Hall–Kier alpha value is -2.94. The second-order valence-corrected chi connectivity index (χ2v) is 7.61. The average molecular weight is 452 g/mol. The maximum absolute atomic E-state index is 12.8. The summed E-state index contributed by atoms with van der Waals surface area (Å²) < 4.78 is 56.3. The number of carbonyl (C=O) groups is 1.